The number of carbonyl (C=O) groups excluding carboxylic acids is 1. The van der Waals surface area contributed by atoms with Crippen LogP contribution < -0.4 is 0 Å². The summed E-state index contributed by atoms with van der Waals surface area (Å²) in [7, 11) is 0. The molecule has 0 aliphatic carbocycles. The molecule has 0 atom stereocenters. The monoisotopic (exact) mass is 390 g/mol. The van der Waals surface area contributed by atoms with Gasteiger partial charge in [-0.15, -0.1) is 0 Å². The highest BCUT2D eigenvalue weighted by Gasteiger charge is 2.26. The number of ketones is 1. The topological polar surface area (TPSA) is 35.5 Å². The van der Waals surface area contributed by atoms with Gasteiger partial charge in [-0.2, -0.15) is 0 Å². The maximum Gasteiger partial charge on any atom is 0.193 e. The van der Waals surface area contributed by atoms with E-state index in [-0.39, 0.29) is 11.4 Å². The van der Waals surface area contributed by atoms with Crippen LogP contribution in [-0.2, 0) is 15.4 Å². The van der Waals surface area contributed by atoms with Crippen LogP contribution in [0.25, 0.3) is 0 Å². The summed E-state index contributed by atoms with van der Waals surface area (Å²) in [5.41, 5.74) is 1.27. The number of hydrogen-bond donors (Lipinski definition) is 0. The predicted molar refractivity (Wildman–Crippen MR) is 99.0 cm³/mol. The number of hydrogen-bond acceptors (Lipinski definition) is 3. The lowest BCUT2D eigenvalue weighted by molar-refractivity contribution is -0.401. The first-order valence-corrected chi connectivity index (χ1v) is 8.65. The highest BCUT2D eigenvalue weighted by molar-refractivity contribution is 9.10. The Kier molecular flexibility index (Phi) is 5.63. The maximum absolute atomic E-state index is 12.5. The molecule has 0 radical (unpaired) electrons. The molecule has 0 spiro atoms. The molecule has 128 valence electrons. The third kappa shape index (κ3) is 5.00. The summed E-state index contributed by atoms with van der Waals surface area (Å²) in [6.07, 6.45) is 0. The minimum atomic E-state index is -0.605. The molecule has 0 fully saturated rings. The Balaban J connectivity index is 2.15. The van der Waals surface area contributed by atoms with Crippen molar-refractivity contribution in [1.29, 1.82) is 0 Å². The summed E-state index contributed by atoms with van der Waals surface area (Å²) in [6, 6.07) is 14.8. The molecule has 0 saturated heterocycles. The van der Waals surface area contributed by atoms with E-state index >= 15 is 0 Å². The largest absolute Gasteiger partial charge is 0.289 e. The Morgan fingerprint density at radius 3 is 1.71 bits per heavy atom. The Morgan fingerprint density at radius 1 is 0.792 bits per heavy atom. The molecule has 3 nitrogen and oxygen atoms in total. The van der Waals surface area contributed by atoms with Crippen molar-refractivity contribution in [2.45, 2.75) is 45.8 Å². The lowest BCUT2D eigenvalue weighted by atomic mass is 9.95. The number of benzene rings is 2. The predicted octanol–water partition coefficient (Wildman–Crippen LogP) is 5.66. The molecule has 0 N–H and O–H groups in total. The zero-order chi connectivity index (χ0) is 18.0. The lowest BCUT2D eigenvalue weighted by Gasteiger charge is -2.29. The summed E-state index contributed by atoms with van der Waals surface area (Å²) in [5, 5.41) is 0. The highest BCUT2D eigenvalue weighted by Crippen LogP contribution is 2.27. The van der Waals surface area contributed by atoms with Gasteiger partial charge in [0.25, 0.3) is 0 Å². The van der Waals surface area contributed by atoms with Crippen LogP contribution in [-0.4, -0.2) is 11.4 Å². The normalized spacial score (nSPS) is 12.2. The fourth-order valence-corrected chi connectivity index (χ4v) is 2.33. The molecule has 0 aromatic heterocycles. The van der Waals surface area contributed by atoms with Gasteiger partial charge in [0, 0.05) is 15.6 Å². The molecule has 0 unspecified atom stereocenters. The van der Waals surface area contributed by atoms with Crippen LogP contribution >= 0.6 is 15.9 Å². The molecule has 24 heavy (non-hydrogen) atoms. The van der Waals surface area contributed by atoms with Gasteiger partial charge in [-0.3, -0.25) is 4.79 Å². The van der Waals surface area contributed by atoms with Crippen LogP contribution in [0.3, 0.4) is 0 Å². The van der Waals surface area contributed by atoms with Gasteiger partial charge in [0.15, 0.2) is 5.78 Å². The molecule has 0 saturated carbocycles. The Hall–Kier alpha value is -1.49. The van der Waals surface area contributed by atoms with E-state index in [0.29, 0.717) is 11.1 Å². The van der Waals surface area contributed by atoms with Crippen LogP contribution in [0.5, 0.6) is 0 Å². The average Bonchev–Trinajstić information content (AvgIpc) is 2.53. The smallest absolute Gasteiger partial charge is 0.193 e. The van der Waals surface area contributed by atoms with Gasteiger partial charge in [-0.1, -0.05) is 40.2 Å². The summed E-state index contributed by atoms with van der Waals surface area (Å²) in [6.45, 7) is 9.67. The fourth-order valence-electron chi connectivity index (χ4n) is 2.07. The van der Waals surface area contributed by atoms with E-state index < -0.39 is 5.60 Å². The van der Waals surface area contributed by atoms with E-state index in [1.54, 1.807) is 0 Å². The van der Waals surface area contributed by atoms with Gasteiger partial charge in [0.1, 0.15) is 5.60 Å². The zero-order valence-electron chi connectivity index (χ0n) is 14.7. The minimum absolute atomic E-state index is 0.00119. The third-order valence-corrected chi connectivity index (χ3v) is 3.98. The molecular formula is C20H23BrO3. The molecule has 2 aromatic rings. The van der Waals surface area contributed by atoms with E-state index in [9.17, 15) is 4.79 Å². The van der Waals surface area contributed by atoms with Crippen LogP contribution in [0.4, 0.5) is 0 Å². The summed E-state index contributed by atoms with van der Waals surface area (Å²) >= 11 is 3.37. The van der Waals surface area contributed by atoms with Crippen molar-refractivity contribution >= 4 is 21.7 Å². The van der Waals surface area contributed by atoms with Gasteiger partial charge in [0.05, 0.1) is 5.60 Å². The standard InChI is InChI=1S/C20H23BrO3/c1-19(2,3)23-24-20(4,5)16-10-6-14(7-11-16)18(22)15-8-12-17(21)13-9-15/h6-13H,1-5H3. The summed E-state index contributed by atoms with van der Waals surface area (Å²) < 4.78 is 0.951. The van der Waals surface area contributed by atoms with E-state index in [1.165, 1.54) is 0 Å². The van der Waals surface area contributed by atoms with Crippen LogP contribution in [0.15, 0.2) is 53.0 Å². The first-order valence-electron chi connectivity index (χ1n) is 7.86. The Bertz CT molecular complexity index is 695. The van der Waals surface area contributed by atoms with E-state index in [0.717, 1.165) is 10.0 Å². The Labute approximate surface area is 152 Å². The van der Waals surface area contributed by atoms with Crippen molar-refractivity contribution in [3.63, 3.8) is 0 Å². The first kappa shape index (κ1) is 18.8. The van der Waals surface area contributed by atoms with E-state index in [1.807, 2.05) is 83.1 Å². The molecule has 0 aliphatic rings. The van der Waals surface area contributed by atoms with Gasteiger partial charge in [0.2, 0.25) is 0 Å². The molecule has 0 bridgehead atoms. The first-order chi connectivity index (χ1) is 11.1. The summed E-state index contributed by atoms with van der Waals surface area (Å²) in [5.74, 6) is -0.00119. The van der Waals surface area contributed by atoms with E-state index in [2.05, 4.69) is 15.9 Å². The van der Waals surface area contributed by atoms with Crippen LogP contribution in [0.1, 0.15) is 56.1 Å². The van der Waals surface area contributed by atoms with Crippen molar-refractivity contribution in [2.24, 2.45) is 0 Å². The molecule has 0 aliphatic heterocycles. The average molecular weight is 391 g/mol. The quantitative estimate of drug-likeness (QED) is 0.375. The van der Waals surface area contributed by atoms with Gasteiger partial charge >= 0.3 is 0 Å². The van der Waals surface area contributed by atoms with Crippen molar-refractivity contribution in [2.75, 3.05) is 0 Å². The second-order valence-electron chi connectivity index (χ2n) is 7.20. The van der Waals surface area contributed by atoms with Crippen LogP contribution in [0, 0.1) is 0 Å². The highest BCUT2D eigenvalue weighted by atomic mass is 79.9. The molecule has 4 heteroatoms. The van der Waals surface area contributed by atoms with Crippen molar-refractivity contribution in [1.82, 2.24) is 0 Å². The van der Waals surface area contributed by atoms with Gasteiger partial charge < -0.3 is 0 Å². The number of halogens is 1. The van der Waals surface area contributed by atoms with Gasteiger partial charge in [-0.05, 0) is 64.4 Å². The van der Waals surface area contributed by atoms with Crippen LogP contribution in [0.2, 0.25) is 0 Å². The zero-order valence-corrected chi connectivity index (χ0v) is 16.3. The molecule has 2 rings (SSSR count). The van der Waals surface area contributed by atoms with Crippen molar-refractivity contribution < 1.29 is 14.6 Å². The number of rotatable bonds is 5. The molecule has 0 heterocycles. The van der Waals surface area contributed by atoms with E-state index in [4.69, 9.17) is 9.78 Å². The Morgan fingerprint density at radius 2 is 1.25 bits per heavy atom. The summed E-state index contributed by atoms with van der Waals surface area (Å²) in [4.78, 5) is 23.5. The lowest BCUT2D eigenvalue weighted by Crippen LogP contribution is -2.28. The maximum atomic E-state index is 12.5. The fraction of sp³-hybridized carbons (Fsp3) is 0.350. The molecule has 2 aromatic carbocycles. The molecule has 0 amide bonds. The second kappa shape index (κ2) is 7.18. The molecular weight excluding hydrogens is 368 g/mol. The van der Waals surface area contributed by atoms with Gasteiger partial charge in [-0.25, -0.2) is 9.78 Å². The van der Waals surface area contributed by atoms with Crippen molar-refractivity contribution in [3.8, 4) is 0 Å². The second-order valence-corrected chi connectivity index (χ2v) is 8.12. The third-order valence-electron chi connectivity index (χ3n) is 3.45. The SMILES string of the molecule is CC(C)(C)OOC(C)(C)c1ccc(C(=O)c2ccc(Br)cc2)cc1. The minimum Gasteiger partial charge on any atom is -0.289 e. The number of carbonyl (C=O) groups is 1. The van der Waals surface area contributed by atoms with Crippen molar-refractivity contribution in [3.05, 3.63) is 69.7 Å².